The van der Waals surface area contributed by atoms with E-state index in [2.05, 4.69) is 0 Å². The van der Waals surface area contributed by atoms with E-state index in [1.54, 1.807) is 54.6 Å². The maximum atomic E-state index is 14.4. The number of hydrogen-bond donors (Lipinski definition) is 0. The molecule has 3 rings (SSSR count). The normalized spacial score (nSPS) is 12.5. The minimum Gasteiger partial charge on any atom is -0.497 e. The highest BCUT2D eigenvalue weighted by molar-refractivity contribution is 6.00. The molecule has 0 saturated heterocycles. The van der Waals surface area contributed by atoms with Crippen molar-refractivity contribution >= 4 is 11.1 Å². The fourth-order valence-electron chi connectivity index (χ4n) is 3.33. The zero-order valence-electron chi connectivity index (χ0n) is 18.3. The quantitative estimate of drug-likeness (QED) is 0.391. The lowest BCUT2D eigenvalue weighted by molar-refractivity contribution is -0.0685. The Kier molecular flexibility index (Phi) is 7.59. The lowest BCUT2D eigenvalue weighted by Crippen LogP contribution is -2.19. The van der Waals surface area contributed by atoms with E-state index in [0.717, 1.165) is 6.54 Å². The number of ether oxygens (including phenoxy) is 2. The van der Waals surface area contributed by atoms with Gasteiger partial charge in [-0.1, -0.05) is 54.6 Å². The lowest BCUT2D eigenvalue weighted by Gasteiger charge is -2.20. The number of benzene rings is 3. The summed E-state index contributed by atoms with van der Waals surface area (Å²) >= 11 is 0. The molecule has 168 valence electrons. The highest BCUT2D eigenvalue weighted by Crippen LogP contribution is 2.43. The molecule has 0 aliphatic carbocycles. The first-order valence-electron chi connectivity index (χ1n) is 10.2. The average molecular weight is 441 g/mol. The molecule has 0 bridgehead atoms. The van der Waals surface area contributed by atoms with Crippen LogP contribution in [0.3, 0.4) is 0 Å². The molecule has 0 N–H and O–H groups in total. The third kappa shape index (κ3) is 5.92. The fraction of sp³-hybridized carbons (Fsp3) is 0.231. The standard InChI is InChI=1S/C26H26F3NO2/c1-30(2)17-18-32-23-15-9-20(10-16-23)24(19-7-5-4-6-8-19)25(26(27,28)29)21-11-13-22(31-3)14-12-21/h4-16H,17-18H2,1-3H3/b25-24+. The molecule has 32 heavy (non-hydrogen) atoms. The van der Waals surface area contributed by atoms with Gasteiger partial charge in [-0.15, -0.1) is 0 Å². The van der Waals surface area contributed by atoms with Gasteiger partial charge in [0.25, 0.3) is 0 Å². The van der Waals surface area contributed by atoms with Gasteiger partial charge in [-0.25, -0.2) is 0 Å². The zero-order valence-corrected chi connectivity index (χ0v) is 18.3. The van der Waals surface area contributed by atoms with Crippen LogP contribution < -0.4 is 9.47 Å². The number of rotatable bonds is 8. The maximum absolute atomic E-state index is 14.4. The van der Waals surface area contributed by atoms with Crippen molar-refractivity contribution in [1.82, 2.24) is 4.90 Å². The Labute approximate surface area is 186 Å². The van der Waals surface area contributed by atoms with Gasteiger partial charge < -0.3 is 14.4 Å². The number of halogens is 3. The predicted octanol–water partition coefficient (Wildman–Crippen LogP) is 6.16. The van der Waals surface area contributed by atoms with E-state index in [-0.39, 0.29) is 11.1 Å². The molecule has 0 aliphatic heterocycles. The Morgan fingerprint density at radius 2 is 1.28 bits per heavy atom. The van der Waals surface area contributed by atoms with Crippen LogP contribution in [0.5, 0.6) is 11.5 Å². The number of hydrogen-bond acceptors (Lipinski definition) is 3. The SMILES string of the molecule is COc1ccc(/C(=C(/c2ccccc2)c2ccc(OCCN(C)C)cc2)C(F)(F)F)cc1. The first-order chi connectivity index (χ1) is 15.3. The predicted molar refractivity (Wildman–Crippen MR) is 122 cm³/mol. The number of likely N-dealkylation sites (N-methyl/N-ethyl adjacent to an activating group) is 1. The van der Waals surface area contributed by atoms with Crippen molar-refractivity contribution in [1.29, 1.82) is 0 Å². The van der Waals surface area contributed by atoms with Gasteiger partial charge in [0.05, 0.1) is 12.7 Å². The largest absolute Gasteiger partial charge is 0.497 e. The summed E-state index contributed by atoms with van der Waals surface area (Å²) in [6.07, 6.45) is -4.57. The first-order valence-corrected chi connectivity index (χ1v) is 10.2. The molecule has 0 spiro atoms. The smallest absolute Gasteiger partial charge is 0.417 e. The topological polar surface area (TPSA) is 21.7 Å². The summed E-state index contributed by atoms with van der Waals surface area (Å²) in [7, 11) is 5.37. The van der Waals surface area contributed by atoms with E-state index < -0.39 is 11.7 Å². The van der Waals surface area contributed by atoms with Crippen LogP contribution >= 0.6 is 0 Å². The van der Waals surface area contributed by atoms with Crippen LogP contribution in [0.4, 0.5) is 13.2 Å². The molecule has 0 saturated carbocycles. The molecule has 0 aliphatic rings. The molecule has 0 radical (unpaired) electrons. The number of nitrogens with zero attached hydrogens (tertiary/aromatic N) is 1. The van der Waals surface area contributed by atoms with Gasteiger partial charge in [0.1, 0.15) is 18.1 Å². The molecule has 6 heteroatoms. The van der Waals surface area contributed by atoms with Crippen molar-refractivity contribution in [2.45, 2.75) is 6.18 Å². The molecule has 0 atom stereocenters. The second-order valence-electron chi connectivity index (χ2n) is 7.52. The number of methoxy groups -OCH3 is 1. The minimum atomic E-state index is -4.57. The van der Waals surface area contributed by atoms with Crippen LogP contribution in [-0.4, -0.2) is 45.4 Å². The van der Waals surface area contributed by atoms with Crippen molar-refractivity contribution in [2.75, 3.05) is 34.4 Å². The van der Waals surface area contributed by atoms with Gasteiger partial charge in [-0.3, -0.25) is 0 Å². The second-order valence-corrected chi connectivity index (χ2v) is 7.52. The second kappa shape index (κ2) is 10.4. The van der Waals surface area contributed by atoms with Gasteiger partial charge in [0, 0.05) is 12.1 Å². The minimum absolute atomic E-state index is 0.0727. The summed E-state index contributed by atoms with van der Waals surface area (Å²) in [4.78, 5) is 2.00. The summed E-state index contributed by atoms with van der Waals surface area (Å²) in [5.74, 6) is 1.11. The van der Waals surface area contributed by atoms with Crippen molar-refractivity contribution in [3.05, 3.63) is 95.6 Å². The van der Waals surface area contributed by atoms with Crippen LogP contribution in [0, 0.1) is 0 Å². The number of allylic oxidation sites excluding steroid dienone is 1. The molecule has 0 aromatic heterocycles. The van der Waals surface area contributed by atoms with Gasteiger partial charge in [-0.05, 0) is 55.1 Å². The van der Waals surface area contributed by atoms with Crippen LogP contribution in [0.1, 0.15) is 16.7 Å². The van der Waals surface area contributed by atoms with E-state index in [1.807, 2.05) is 19.0 Å². The van der Waals surface area contributed by atoms with Crippen molar-refractivity contribution in [3.63, 3.8) is 0 Å². The molecule has 0 heterocycles. The van der Waals surface area contributed by atoms with Gasteiger partial charge in [-0.2, -0.15) is 13.2 Å². The molecule has 3 aromatic rings. The Balaban J connectivity index is 2.12. The highest BCUT2D eigenvalue weighted by atomic mass is 19.4. The maximum Gasteiger partial charge on any atom is 0.417 e. The van der Waals surface area contributed by atoms with Crippen molar-refractivity contribution < 1.29 is 22.6 Å². The Hall–Kier alpha value is -3.25. The fourth-order valence-corrected chi connectivity index (χ4v) is 3.33. The van der Waals surface area contributed by atoms with Gasteiger partial charge in [0.15, 0.2) is 0 Å². The van der Waals surface area contributed by atoms with E-state index in [4.69, 9.17) is 9.47 Å². The van der Waals surface area contributed by atoms with E-state index in [9.17, 15) is 13.2 Å². The van der Waals surface area contributed by atoms with Crippen LogP contribution in [0.25, 0.3) is 11.1 Å². The van der Waals surface area contributed by atoms with Crippen molar-refractivity contribution in [2.24, 2.45) is 0 Å². The molecule has 0 amide bonds. The third-order valence-electron chi connectivity index (χ3n) is 4.92. The Morgan fingerprint density at radius 3 is 1.81 bits per heavy atom. The Morgan fingerprint density at radius 1 is 0.750 bits per heavy atom. The lowest BCUT2D eigenvalue weighted by atomic mass is 9.89. The van der Waals surface area contributed by atoms with Gasteiger partial charge >= 0.3 is 6.18 Å². The van der Waals surface area contributed by atoms with E-state index in [1.165, 1.54) is 31.4 Å². The molecule has 0 fully saturated rings. The molecule has 0 unspecified atom stereocenters. The average Bonchev–Trinajstić information content (AvgIpc) is 2.78. The van der Waals surface area contributed by atoms with E-state index >= 15 is 0 Å². The van der Waals surface area contributed by atoms with Crippen molar-refractivity contribution in [3.8, 4) is 11.5 Å². The molecular formula is C26H26F3NO2. The van der Waals surface area contributed by atoms with Gasteiger partial charge in [0.2, 0.25) is 0 Å². The van der Waals surface area contributed by atoms with Crippen LogP contribution in [-0.2, 0) is 0 Å². The summed E-state index contributed by atoms with van der Waals surface area (Å²) in [6.45, 7) is 1.24. The summed E-state index contributed by atoms with van der Waals surface area (Å²) in [5.41, 5.74) is 0.426. The highest BCUT2D eigenvalue weighted by Gasteiger charge is 2.38. The Bertz CT molecular complexity index is 1030. The molecular weight excluding hydrogens is 415 g/mol. The first kappa shape index (κ1) is 23.4. The summed E-state index contributed by atoms with van der Waals surface area (Å²) < 4.78 is 54.0. The van der Waals surface area contributed by atoms with Crippen LogP contribution in [0.2, 0.25) is 0 Å². The molecule has 3 nitrogen and oxygen atoms in total. The summed E-state index contributed by atoms with van der Waals surface area (Å²) in [5, 5.41) is 0. The van der Waals surface area contributed by atoms with Crippen LogP contribution in [0.15, 0.2) is 78.9 Å². The zero-order chi connectivity index (χ0) is 23.1. The third-order valence-corrected chi connectivity index (χ3v) is 4.92. The monoisotopic (exact) mass is 441 g/mol. The summed E-state index contributed by atoms with van der Waals surface area (Å²) in [6, 6.07) is 21.3. The van der Waals surface area contributed by atoms with E-state index in [0.29, 0.717) is 29.2 Å². The molecule has 3 aromatic carbocycles. The number of alkyl halides is 3.